The van der Waals surface area contributed by atoms with Gasteiger partial charge < -0.3 is 15.3 Å². The molecule has 3 aromatic rings. The Morgan fingerprint density at radius 3 is 2.85 bits per heavy atom. The molecule has 1 spiro atoms. The summed E-state index contributed by atoms with van der Waals surface area (Å²) in [6.45, 7) is 3.76. The van der Waals surface area contributed by atoms with Crippen molar-refractivity contribution in [2.75, 3.05) is 18.0 Å². The average Bonchev–Trinajstić information content (AvgIpc) is 3.30. The molecule has 8 heteroatoms. The minimum absolute atomic E-state index is 0.0497. The number of fused-ring (bicyclic) bond motifs is 2. The number of rotatable bonds is 2. The van der Waals surface area contributed by atoms with Crippen LogP contribution in [0.3, 0.4) is 0 Å². The third-order valence-electron chi connectivity index (χ3n) is 6.06. The van der Waals surface area contributed by atoms with Crippen LogP contribution in [0.4, 0.5) is 9.93 Å². The number of hydrogen-bond donors (Lipinski definition) is 2. The minimum atomic E-state index is -0.949. The van der Waals surface area contributed by atoms with Crippen LogP contribution in [-0.4, -0.2) is 38.9 Å². The van der Waals surface area contributed by atoms with Gasteiger partial charge in [0.2, 0.25) is 10.1 Å². The first kappa shape index (κ1) is 16.6. The second-order valence-corrected chi connectivity index (χ2v) is 8.52. The van der Waals surface area contributed by atoms with Crippen molar-refractivity contribution >= 4 is 27.5 Å². The van der Waals surface area contributed by atoms with E-state index in [0.717, 1.165) is 53.7 Å². The van der Waals surface area contributed by atoms with E-state index in [1.165, 1.54) is 5.56 Å². The molecule has 5 rings (SSSR count). The Kier molecular flexibility index (Phi) is 3.65. The Labute approximate surface area is 160 Å². The lowest BCUT2D eigenvalue weighted by atomic mass is 9.73. The van der Waals surface area contributed by atoms with E-state index in [-0.39, 0.29) is 11.5 Å². The van der Waals surface area contributed by atoms with Gasteiger partial charge in [0, 0.05) is 18.5 Å². The summed E-state index contributed by atoms with van der Waals surface area (Å²) in [4.78, 5) is 19.1. The predicted octanol–water partition coefficient (Wildman–Crippen LogP) is 3.25. The average molecular weight is 383 g/mol. The number of aromatic nitrogens is 3. The van der Waals surface area contributed by atoms with Crippen LogP contribution < -0.4 is 10.2 Å². The van der Waals surface area contributed by atoms with E-state index in [2.05, 4.69) is 27.3 Å². The molecule has 2 aliphatic rings. The third-order valence-corrected chi connectivity index (χ3v) is 7.05. The van der Waals surface area contributed by atoms with E-state index in [9.17, 15) is 9.90 Å². The van der Waals surface area contributed by atoms with Crippen molar-refractivity contribution in [2.24, 2.45) is 5.41 Å². The zero-order chi connectivity index (χ0) is 18.6. The highest BCUT2D eigenvalue weighted by Gasteiger charge is 2.48. The fraction of sp³-hybridized carbons (Fsp3) is 0.421. The van der Waals surface area contributed by atoms with Crippen molar-refractivity contribution in [3.63, 3.8) is 0 Å². The molecule has 3 heterocycles. The van der Waals surface area contributed by atoms with Gasteiger partial charge in [-0.1, -0.05) is 35.6 Å². The van der Waals surface area contributed by atoms with Crippen LogP contribution in [0.15, 0.2) is 30.5 Å². The molecule has 1 fully saturated rings. The molecule has 27 heavy (non-hydrogen) atoms. The molecule has 0 radical (unpaired) electrons. The molecule has 2 aromatic heterocycles. The first-order valence-corrected chi connectivity index (χ1v) is 10.0. The van der Waals surface area contributed by atoms with Gasteiger partial charge >= 0.3 is 6.09 Å². The Hall–Kier alpha value is -2.61. The molecular weight excluding hydrogens is 362 g/mol. The lowest BCUT2D eigenvalue weighted by Crippen LogP contribution is -2.46. The summed E-state index contributed by atoms with van der Waals surface area (Å²) in [5, 5.41) is 17.9. The Balaban J connectivity index is 1.40. The second-order valence-electron chi connectivity index (χ2n) is 7.59. The van der Waals surface area contributed by atoms with Gasteiger partial charge in [0.25, 0.3) is 0 Å². The lowest BCUT2D eigenvalue weighted by Gasteiger charge is -2.43. The molecule has 0 saturated carbocycles. The number of piperidine rings is 1. The molecule has 1 amide bonds. The molecule has 1 aromatic carbocycles. The van der Waals surface area contributed by atoms with E-state index < -0.39 is 6.09 Å². The molecule has 7 nitrogen and oxygen atoms in total. The molecule has 1 atom stereocenters. The quantitative estimate of drug-likeness (QED) is 0.710. The highest BCUT2D eigenvalue weighted by Crippen LogP contribution is 2.52. The highest BCUT2D eigenvalue weighted by atomic mass is 32.1. The van der Waals surface area contributed by atoms with Crippen LogP contribution in [0, 0.1) is 12.3 Å². The van der Waals surface area contributed by atoms with Gasteiger partial charge in [-0.05, 0) is 37.3 Å². The fourth-order valence-corrected chi connectivity index (χ4v) is 5.64. The fourth-order valence-electron chi connectivity index (χ4n) is 4.67. The summed E-state index contributed by atoms with van der Waals surface area (Å²) in [5.74, 6) is 0. The molecule has 1 saturated heterocycles. The Morgan fingerprint density at radius 1 is 1.33 bits per heavy atom. The summed E-state index contributed by atoms with van der Waals surface area (Å²) in [5.41, 5.74) is 3.40. The molecule has 0 bridgehead atoms. The lowest BCUT2D eigenvalue weighted by molar-refractivity contribution is 0.141. The molecule has 140 valence electrons. The van der Waals surface area contributed by atoms with E-state index in [1.54, 1.807) is 11.3 Å². The van der Waals surface area contributed by atoms with E-state index in [1.807, 2.05) is 29.8 Å². The summed E-state index contributed by atoms with van der Waals surface area (Å²) < 4.78 is 1.89. The van der Waals surface area contributed by atoms with E-state index >= 15 is 0 Å². The van der Waals surface area contributed by atoms with Crippen LogP contribution >= 0.6 is 11.3 Å². The van der Waals surface area contributed by atoms with Gasteiger partial charge in [0.1, 0.15) is 0 Å². The number of aryl methyl sites for hydroxylation is 1. The monoisotopic (exact) mass is 383 g/mol. The third kappa shape index (κ3) is 2.58. The van der Waals surface area contributed by atoms with Gasteiger partial charge in [-0.15, -0.1) is 5.10 Å². The van der Waals surface area contributed by atoms with Crippen LogP contribution in [-0.2, 0) is 6.42 Å². The van der Waals surface area contributed by atoms with Crippen molar-refractivity contribution in [2.45, 2.75) is 32.2 Å². The molecule has 1 unspecified atom stereocenters. The molecular formula is C19H21N5O2S. The number of hydrogen-bond acceptors (Lipinski definition) is 5. The summed E-state index contributed by atoms with van der Waals surface area (Å²) in [6.07, 6.45) is 3.70. The van der Waals surface area contributed by atoms with Gasteiger partial charge in [-0.25, -0.2) is 14.3 Å². The highest BCUT2D eigenvalue weighted by molar-refractivity contribution is 7.20. The van der Waals surface area contributed by atoms with Crippen LogP contribution in [0.2, 0.25) is 0 Å². The maximum Gasteiger partial charge on any atom is 0.405 e. The van der Waals surface area contributed by atoms with Gasteiger partial charge in [-0.3, -0.25) is 0 Å². The minimum Gasteiger partial charge on any atom is -0.465 e. The van der Waals surface area contributed by atoms with Gasteiger partial charge in [0.05, 0.1) is 17.9 Å². The van der Waals surface area contributed by atoms with Crippen molar-refractivity contribution < 1.29 is 9.90 Å². The maximum absolute atomic E-state index is 11.4. The summed E-state index contributed by atoms with van der Waals surface area (Å²) >= 11 is 1.61. The number of anilines is 1. The van der Waals surface area contributed by atoms with Gasteiger partial charge in [0.15, 0.2) is 0 Å². The standard InChI is InChI=1S/C19H21N5O2S/c1-12-11-20-16-24(12)22-17(27-16)23-8-6-19(7-9-23)10-13-4-2-3-5-14(13)15(19)21-18(25)26/h2-5,11,15,21H,6-10H2,1H3,(H,25,26). The van der Waals surface area contributed by atoms with E-state index in [0.29, 0.717) is 0 Å². The number of carbonyl (C=O) groups is 1. The Bertz CT molecular complexity index is 1020. The number of nitrogens with zero attached hydrogens (tertiary/aromatic N) is 4. The normalized spacial score (nSPS) is 20.9. The zero-order valence-corrected chi connectivity index (χ0v) is 15.9. The first-order chi connectivity index (χ1) is 13.1. The maximum atomic E-state index is 11.4. The van der Waals surface area contributed by atoms with Crippen molar-refractivity contribution in [1.82, 2.24) is 19.9 Å². The SMILES string of the molecule is Cc1cnc2sc(N3CCC4(CC3)Cc3ccccc3C4NC(=O)O)nn12. The number of amides is 1. The molecule has 1 aliphatic heterocycles. The van der Waals surface area contributed by atoms with Crippen molar-refractivity contribution in [3.05, 3.63) is 47.3 Å². The smallest absolute Gasteiger partial charge is 0.405 e. The largest absolute Gasteiger partial charge is 0.465 e. The Morgan fingerprint density at radius 2 is 2.11 bits per heavy atom. The number of nitrogens with one attached hydrogen (secondary N) is 1. The first-order valence-electron chi connectivity index (χ1n) is 9.19. The summed E-state index contributed by atoms with van der Waals surface area (Å²) in [6, 6.07) is 8.10. The van der Waals surface area contributed by atoms with Crippen LogP contribution in [0.25, 0.3) is 4.96 Å². The number of benzene rings is 1. The topological polar surface area (TPSA) is 82.8 Å². The van der Waals surface area contributed by atoms with Crippen molar-refractivity contribution in [3.8, 4) is 0 Å². The van der Waals surface area contributed by atoms with Crippen LogP contribution in [0.5, 0.6) is 0 Å². The van der Waals surface area contributed by atoms with Crippen molar-refractivity contribution in [1.29, 1.82) is 0 Å². The van der Waals surface area contributed by atoms with Crippen LogP contribution in [0.1, 0.15) is 35.7 Å². The summed E-state index contributed by atoms with van der Waals surface area (Å²) in [7, 11) is 0. The predicted molar refractivity (Wildman–Crippen MR) is 104 cm³/mol. The molecule has 2 N–H and O–H groups in total. The number of imidazole rings is 1. The molecule has 1 aliphatic carbocycles. The van der Waals surface area contributed by atoms with E-state index in [4.69, 9.17) is 5.10 Å². The zero-order valence-electron chi connectivity index (χ0n) is 15.1. The second kappa shape index (κ2) is 5.95. The number of carboxylic acid groups (broad SMARTS) is 1. The van der Waals surface area contributed by atoms with Gasteiger partial charge in [-0.2, -0.15) is 0 Å².